The first-order valence-corrected chi connectivity index (χ1v) is 10.7. The van der Waals surface area contributed by atoms with Gasteiger partial charge < -0.3 is 24.7 Å². The van der Waals surface area contributed by atoms with Crippen LogP contribution < -0.4 is 15.2 Å². The molecule has 1 spiro atoms. The Balaban J connectivity index is 1.44. The van der Waals surface area contributed by atoms with E-state index in [1.165, 1.54) is 6.07 Å². The number of halogens is 1. The van der Waals surface area contributed by atoms with Gasteiger partial charge in [-0.1, -0.05) is 31.2 Å². The van der Waals surface area contributed by atoms with Crippen molar-refractivity contribution in [2.24, 2.45) is 16.1 Å². The molecule has 0 amide bonds. The van der Waals surface area contributed by atoms with Gasteiger partial charge >= 0.3 is 0 Å². The van der Waals surface area contributed by atoms with E-state index < -0.39 is 5.54 Å². The van der Waals surface area contributed by atoms with E-state index in [9.17, 15) is 4.39 Å². The monoisotopic (exact) mass is 447 g/mol. The second-order valence-electron chi connectivity index (χ2n) is 9.01. The van der Waals surface area contributed by atoms with Gasteiger partial charge in [0, 0.05) is 16.5 Å². The molecular weight excluding hydrogens is 425 g/mol. The van der Waals surface area contributed by atoms with Crippen LogP contribution in [0.4, 0.5) is 4.39 Å². The first-order chi connectivity index (χ1) is 16.0. The molecule has 3 aliphatic rings. The third-order valence-electron chi connectivity index (χ3n) is 6.31. The Morgan fingerprint density at radius 2 is 1.94 bits per heavy atom. The second kappa shape index (κ2) is 7.18. The Morgan fingerprint density at radius 1 is 1.09 bits per heavy atom. The van der Waals surface area contributed by atoms with Crippen molar-refractivity contribution >= 4 is 6.02 Å². The van der Waals surface area contributed by atoms with Gasteiger partial charge in [0.15, 0.2) is 5.54 Å². The van der Waals surface area contributed by atoms with Crippen LogP contribution in [0.2, 0.25) is 0 Å². The van der Waals surface area contributed by atoms with E-state index in [1.54, 1.807) is 30.5 Å². The topological polar surface area (TPSA) is 88.2 Å². The Bertz CT molecular complexity index is 1290. The third-order valence-corrected chi connectivity index (χ3v) is 6.31. The Morgan fingerprint density at radius 3 is 2.67 bits per heavy atom. The van der Waals surface area contributed by atoms with Crippen LogP contribution in [-0.4, -0.2) is 37.4 Å². The van der Waals surface area contributed by atoms with Gasteiger partial charge in [-0.15, -0.1) is 0 Å². The zero-order valence-electron chi connectivity index (χ0n) is 18.0. The maximum Gasteiger partial charge on any atom is 0.283 e. The SMILES string of the molecule is CC1(COc2cnc3c(c2)[C@]2(COC(N)=N2)c2cc(-c4ccccc4F)ccc2O3)COC1. The molecule has 2 N–H and O–H groups in total. The minimum absolute atomic E-state index is 0.00953. The predicted molar refractivity (Wildman–Crippen MR) is 119 cm³/mol. The molecule has 33 heavy (non-hydrogen) atoms. The molecule has 168 valence electrons. The minimum Gasteiger partial charge on any atom is -0.491 e. The highest BCUT2D eigenvalue weighted by Gasteiger charge is 2.48. The number of nitrogens with two attached hydrogens (primary N) is 1. The molecule has 1 fully saturated rings. The van der Waals surface area contributed by atoms with Gasteiger partial charge in [-0.05, 0) is 29.8 Å². The largest absolute Gasteiger partial charge is 0.491 e. The maximum absolute atomic E-state index is 14.5. The summed E-state index contributed by atoms with van der Waals surface area (Å²) in [5.41, 5.74) is 7.61. The van der Waals surface area contributed by atoms with Crippen molar-refractivity contribution in [3.63, 3.8) is 0 Å². The lowest BCUT2D eigenvalue weighted by Crippen LogP contribution is -2.44. The fourth-order valence-electron chi connectivity index (χ4n) is 4.44. The number of amidine groups is 1. The Kier molecular flexibility index (Phi) is 4.35. The molecule has 0 bridgehead atoms. The Labute approximate surface area is 190 Å². The molecule has 1 atom stereocenters. The molecule has 0 radical (unpaired) electrons. The van der Waals surface area contributed by atoms with Crippen molar-refractivity contribution in [2.75, 3.05) is 26.4 Å². The summed E-state index contributed by atoms with van der Waals surface area (Å²) in [6.07, 6.45) is 1.64. The van der Waals surface area contributed by atoms with Crippen LogP contribution >= 0.6 is 0 Å². The maximum atomic E-state index is 14.5. The van der Waals surface area contributed by atoms with Gasteiger partial charge in [-0.3, -0.25) is 0 Å². The molecule has 0 aliphatic carbocycles. The second-order valence-corrected chi connectivity index (χ2v) is 9.01. The van der Waals surface area contributed by atoms with E-state index in [2.05, 4.69) is 16.9 Å². The van der Waals surface area contributed by atoms with Crippen molar-refractivity contribution in [1.82, 2.24) is 4.98 Å². The highest BCUT2D eigenvalue weighted by molar-refractivity contribution is 5.77. The number of ether oxygens (including phenoxy) is 4. The van der Waals surface area contributed by atoms with Crippen LogP contribution in [0, 0.1) is 11.2 Å². The van der Waals surface area contributed by atoms with Crippen molar-refractivity contribution in [3.8, 4) is 28.5 Å². The van der Waals surface area contributed by atoms with E-state index in [0.717, 1.165) is 5.56 Å². The molecule has 4 heterocycles. The van der Waals surface area contributed by atoms with Gasteiger partial charge in [0.1, 0.15) is 23.9 Å². The minimum atomic E-state index is -0.968. The van der Waals surface area contributed by atoms with E-state index >= 15 is 0 Å². The zero-order chi connectivity index (χ0) is 22.6. The number of pyridine rings is 1. The summed E-state index contributed by atoms with van der Waals surface area (Å²) in [5.74, 6) is 1.28. The molecule has 1 aromatic heterocycles. The summed E-state index contributed by atoms with van der Waals surface area (Å²) in [7, 11) is 0. The average molecular weight is 447 g/mol. The fourth-order valence-corrected chi connectivity index (χ4v) is 4.44. The molecule has 7 nitrogen and oxygen atoms in total. The van der Waals surface area contributed by atoms with Crippen molar-refractivity contribution in [2.45, 2.75) is 12.5 Å². The predicted octanol–water partition coefficient (Wildman–Crippen LogP) is 4.00. The normalized spacial score (nSPS) is 21.8. The summed E-state index contributed by atoms with van der Waals surface area (Å²) >= 11 is 0. The van der Waals surface area contributed by atoms with Gasteiger partial charge in [0.05, 0.1) is 31.6 Å². The highest BCUT2D eigenvalue weighted by Crippen LogP contribution is 2.51. The summed E-state index contributed by atoms with van der Waals surface area (Å²) in [6, 6.07) is 14.1. The standard InChI is InChI=1S/C25H22FN3O4/c1-24(11-30-12-24)13-31-16-9-19-22(28-10-16)33-21-7-6-15(17-4-2-3-5-20(17)26)8-18(21)25(19)14-32-23(27)29-25/h2-10H,11-14H2,1H3,(H2,27,29)/t25-/m0/s1. The number of hydrogen-bond donors (Lipinski definition) is 1. The average Bonchev–Trinajstić information content (AvgIpc) is 3.19. The molecule has 0 saturated carbocycles. The summed E-state index contributed by atoms with van der Waals surface area (Å²) in [4.78, 5) is 9.18. The van der Waals surface area contributed by atoms with Gasteiger partial charge in [0.25, 0.3) is 6.02 Å². The summed E-state index contributed by atoms with van der Waals surface area (Å²) in [5, 5.41) is 0. The lowest BCUT2D eigenvalue weighted by Gasteiger charge is -2.37. The Hall–Kier alpha value is -3.65. The highest BCUT2D eigenvalue weighted by atomic mass is 19.1. The number of fused-ring (bicyclic) bond motifs is 4. The van der Waals surface area contributed by atoms with Crippen molar-refractivity contribution in [1.29, 1.82) is 0 Å². The van der Waals surface area contributed by atoms with Crippen LogP contribution in [0.25, 0.3) is 11.1 Å². The van der Waals surface area contributed by atoms with Gasteiger partial charge in [0.2, 0.25) is 5.88 Å². The zero-order valence-corrected chi connectivity index (χ0v) is 18.0. The molecule has 8 heteroatoms. The molecule has 3 aliphatic heterocycles. The number of rotatable bonds is 4. The third kappa shape index (κ3) is 3.21. The molecule has 3 aromatic rings. The molecular formula is C25H22FN3O4. The molecule has 1 saturated heterocycles. The first-order valence-electron chi connectivity index (χ1n) is 10.7. The van der Waals surface area contributed by atoms with Crippen molar-refractivity contribution < 1.29 is 23.3 Å². The summed E-state index contributed by atoms with van der Waals surface area (Å²) < 4.78 is 37.6. The number of benzene rings is 2. The van der Waals surface area contributed by atoms with Gasteiger partial charge in [-0.25, -0.2) is 14.4 Å². The number of aromatic nitrogens is 1. The number of aliphatic imine (C=N–C) groups is 1. The van der Waals surface area contributed by atoms with Gasteiger partial charge in [-0.2, -0.15) is 0 Å². The van der Waals surface area contributed by atoms with E-state index in [1.807, 2.05) is 18.2 Å². The number of nitrogens with zero attached hydrogens (tertiary/aromatic N) is 2. The molecule has 6 rings (SSSR count). The van der Waals surface area contributed by atoms with Crippen LogP contribution in [0.3, 0.4) is 0 Å². The van der Waals surface area contributed by atoms with E-state index in [0.29, 0.717) is 53.9 Å². The van der Waals surface area contributed by atoms with Crippen LogP contribution in [0.5, 0.6) is 17.4 Å². The van der Waals surface area contributed by atoms with Crippen LogP contribution in [0.1, 0.15) is 18.1 Å². The quantitative estimate of drug-likeness (QED) is 0.651. The fraction of sp³-hybridized carbons (Fsp3) is 0.280. The van der Waals surface area contributed by atoms with E-state index in [-0.39, 0.29) is 23.9 Å². The van der Waals surface area contributed by atoms with Crippen LogP contribution in [0.15, 0.2) is 59.7 Å². The lowest BCUT2D eigenvalue weighted by atomic mass is 9.81. The molecule has 0 unspecified atom stereocenters. The first kappa shape index (κ1) is 20.0. The van der Waals surface area contributed by atoms with Crippen molar-refractivity contribution in [3.05, 3.63) is 71.7 Å². The smallest absolute Gasteiger partial charge is 0.283 e. The summed E-state index contributed by atoms with van der Waals surface area (Å²) in [6.45, 7) is 4.14. The van der Waals surface area contributed by atoms with E-state index in [4.69, 9.17) is 24.7 Å². The van der Waals surface area contributed by atoms with Crippen LogP contribution in [-0.2, 0) is 15.0 Å². The number of hydrogen-bond acceptors (Lipinski definition) is 7. The lowest BCUT2D eigenvalue weighted by molar-refractivity contribution is -0.120. The molecule has 2 aromatic carbocycles.